The predicted molar refractivity (Wildman–Crippen MR) is 111 cm³/mol. The van der Waals surface area contributed by atoms with E-state index in [9.17, 15) is 4.39 Å². The number of imidazole rings is 1. The molecule has 1 N–H and O–H groups in total. The van der Waals surface area contributed by atoms with E-state index in [-0.39, 0.29) is 5.69 Å². The van der Waals surface area contributed by atoms with Gasteiger partial charge in [0.25, 0.3) is 0 Å². The highest BCUT2D eigenvalue weighted by molar-refractivity contribution is 5.67. The minimum Gasteiger partial charge on any atom is -0.495 e. The SMILES string of the molecule is COc1cc(-c2nc(Nc3c(F)cccc3OC)n(C)n2)ccc1-n1cnc(C)c1. The summed E-state index contributed by atoms with van der Waals surface area (Å²) in [7, 11) is 4.82. The summed E-state index contributed by atoms with van der Waals surface area (Å²) in [6.07, 6.45) is 3.65. The van der Waals surface area contributed by atoms with Gasteiger partial charge < -0.3 is 19.4 Å². The van der Waals surface area contributed by atoms with Crippen molar-refractivity contribution < 1.29 is 13.9 Å². The summed E-state index contributed by atoms with van der Waals surface area (Å²) in [4.78, 5) is 8.77. The van der Waals surface area contributed by atoms with Crippen LogP contribution in [0.2, 0.25) is 0 Å². The smallest absolute Gasteiger partial charge is 0.226 e. The van der Waals surface area contributed by atoms with Crippen LogP contribution >= 0.6 is 0 Å². The summed E-state index contributed by atoms with van der Waals surface area (Å²) in [6.45, 7) is 1.92. The third-order valence-electron chi connectivity index (χ3n) is 4.62. The fourth-order valence-corrected chi connectivity index (χ4v) is 3.11. The molecule has 154 valence electrons. The molecule has 0 atom stereocenters. The molecular formula is C21H21FN6O2. The molecule has 2 heterocycles. The molecule has 0 fully saturated rings. The monoisotopic (exact) mass is 408 g/mol. The lowest BCUT2D eigenvalue weighted by Crippen LogP contribution is -2.03. The van der Waals surface area contributed by atoms with Gasteiger partial charge in [0, 0.05) is 18.8 Å². The zero-order valence-corrected chi connectivity index (χ0v) is 17.0. The van der Waals surface area contributed by atoms with Crippen LogP contribution < -0.4 is 14.8 Å². The molecule has 0 bridgehead atoms. The Kier molecular flexibility index (Phi) is 5.09. The van der Waals surface area contributed by atoms with Crippen molar-refractivity contribution in [1.29, 1.82) is 0 Å². The molecule has 4 aromatic rings. The molecule has 0 saturated carbocycles. The summed E-state index contributed by atoms with van der Waals surface area (Å²) in [5.41, 5.74) is 2.72. The molecule has 0 saturated heterocycles. The highest BCUT2D eigenvalue weighted by Crippen LogP contribution is 2.32. The first kappa shape index (κ1) is 19.4. The van der Waals surface area contributed by atoms with Crippen molar-refractivity contribution in [2.24, 2.45) is 7.05 Å². The van der Waals surface area contributed by atoms with Crippen LogP contribution in [0.3, 0.4) is 0 Å². The maximum atomic E-state index is 14.3. The van der Waals surface area contributed by atoms with Crippen LogP contribution in [0.1, 0.15) is 5.69 Å². The van der Waals surface area contributed by atoms with Crippen LogP contribution in [-0.4, -0.2) is 38.5 Å². The van der Waals surface area contributed by atoms with Crippen molar-refractivity contribution in [1.82, 2.24) is 24.3 Å². The third-order valence-corrected chi connectivity index (χ3v) is 4.62. The number of anilines is 2. The molecule has 8 nitrogen and oxygen atoms in total. The Bertz CT molecular complexity index is 1200. The van der Waals surface area contributed by atoms with Gasteiger partial charge in [0.1, 0.15) is 17.2 Å². The van der Waals surface area contributed by atoms with Gasteiger partial charge >= 0.3 is 0 Å². The number of rotatable bonds is 6. The van der Waals surface area contributed by atoms with E-state index in [0.717, 1.165) is 16.9 Å². The van der Waals surface area contributed by atoms with E-state index < -0.39 is 5.82 Å². The summed E-state index contributed by atoms with van der Waals surface area (Å²) < 4.78 is 28.5. The Morgan fingerprint density at radius 3 is 2.57 bits per heavy atom. The van der Waals surface area contributed by atoms with E-state index in [0.29, 0.717) is 23.3 Å². The Morgan fingerprint density at radius 1 is 1.07 bits per heavy atom. The highest BCUT2D eigenvalue weighted by atomic mass is 19.1. The van der Waals surface area contributed by atoms with Gasteiger partial charge in [0.15, 0.2) is 11.6 Å². The molecule has 0 unspecified atom stereocenters. The largest absolute Gasteiger partial charge is 0.495 e. The van der Waals surface area contributed by atoms with Gasteiger partial charge in [-0.3, -0.25) is 0 Å². The lowest BCUT2D eigenvalue weighted by Gasteiger charge is -2.10. The van der Waals surface area contributed by atoms with E-state index in [1.165, 1.54) is 13.2 Å². The minimum absolute atomic E-state index is 0.199. The van der Waals surface area contributed by atoms with Crippen LogP contribution in [-0.2, 0) is 7.05 Å². The normalized spacial score (nSPS) is 10.8. The second-order valence-corrected chi connectivity index (χ2v) is 6.63. The van der Waals surface area contributed by atoms with Crippen LogP contribution in [0.25, 0.3) is 17.1 Å². The molecule has 0 aliphatic rings. The van der Waals surface area contributed by atoms with Crippen LogP contribution in [0.15, 0.2) is 48.9 Å². The van der Waals surface area contributed by atoms with E-state index in [2.05, 4.69) is 20.4 Å². The summed E-state index contributed by atoms with van der Waals surface area (Å²) in [6, 6.07) is 10.3. The Balaban J connectivity index is 1.68. The molecule has 0 aliphatic heterocycles. The molecule has 0 aliphatic carbocycles. The molecule has 0 spiro atoms. The maximum Gasteiger partial charge on any atom is 0.226 e. The van der Waals surface area contributed by atoms with E-state index in [1.54, 1.807) is 37.3 Å². The molecule has 30 heavy (non-hydrogen) atoms. The Morgan fingerprint density at radius 2 is 1.87 bits per heavy atom. The second kappa shape index (κ2) is 7.86. The molecule has 2 aromatic carbocycles. The first-order valence-electron chi connectivity index (χ1n) is 9.20. The Labute approximate surface area is 172 Å². The number of methoxy groups -OCH3 is 2. The van der Waals surface area contributed by atoms with Gasteiger partial charge in [-0.05, 0) is 37.3 Å². The Hall–Kier alpha value is -3.88. The predicted octanol–water partition coefficient (Wildman–Crippen LogP) is 3.88. The number of benzene rings is 2. The van der Waals surface area contributed by atoms with Gasteiger partial charge in [-0.15, -0.1) is 5.10 Å². The molecule has 0 radical (unpaired) electrons. The summed E-state index contributed by atoms with van der Waals surface area (Å²) >= 11 is 0. The second-order valence-electron chi connectivity index (χ2n) is 6.63. The number of nitrogens with one attached hydrogen (secondary N) is 1. The lowest BCUT2D eigenvalue weighted by molar-refractivity contribution is 0.413. The van der Waals surface area contributed by atoms with Gasteiger partial charge in [-0.1, -0.05) is 6.07 Å². The van der Waals surface area contributed by atoms with E-state index in [4.69, 9.17) is 9.47 Å². The van der Waals surface area contributed by atoms with Crippen molar-refractivity contribution in [3.63, 3.8) is 0 Å². The highest BCUT2D eigenvalue weighted by Gasteiger charge is 2.16. The van der Waals surface area contributed by atoms with Gasteiger partial charge in [0.2, 0.25) is 5.95 Å². The number of aryl methyl sites for hydroxylation is 2. The first-order valence-corrected chi connectivity index (χ1v) is 9.20. The number of hydrogen-bond donors (Lipinski definition) is 1. The van der Waals surface area contributed by atoms with Crippen LogP contribution in [0.4, 0.5) is 16.0 Å². The molecule has 9 heteroatoms. The zero-order chi connectivity index (χ0) is 21.3. The van der Waals surface area contributed by atoms with Gasteiger partial charge in [-0.25, -0.2) is 14.1 Å². The quantitative estimate of drug-likeness (QED) is 0.522. The molecular weight excluding hydrogens is 387 g/mol. The fourth-order valence-electron chi connectivity index (χ4n) is 3.11. The van der Waals surface area contributed by atoms with Crippen molar-refractivity contribution in [3.05, 3.63) is 60.4 Å². The fraction of sp³-hybridized carbons (Fsp3) is 0.190. The topological polar surface area (TPSA) is 79.0 Å². The van der Waals surface area contributed by atoms with Gasteiger partial charge in [-0.2, -0.15) is 4.98 Å². The summed E-state index contributed by atoms with van der Waals surface area (Å²) in [5.74, 6) is 1.44. The van der Waals surface area contributed by atoms with E-state index >= 15 is 0 Å². The minimum atomic E-state index is -0.444. The summed E-state index contributed by atoms with van der Waals surface area (Å²) in [5, 5.41) is 7.41. The lowest BCUT2D eigenvalue weighted by atomic mass is 10.1. The zero-order valence-electron chi connectivity index (χ0n) is 17.0. The first-order chi connectivity index (χ1) is 14.5. The molecule has 2 aromatic heterocycles. The van der Waals surface area contributed by atoms with Crippen molar-refractivity contribution in [2.75, 3.05) is 19.5 Å². The van der Waals surface area contributed by atoms with E-state index in [1.807, 2.05) is 35.9 Å². The van der Waals surface area contributed by atoms with Crippen LogP contribution in [0.5, 0.6) is 11.5 Å². The standard InChI is InChI=1S/C21H21FN6O2/c1-13-11-28(12-23-13)16-9-8-14(10-18(16)30-4)20-25-21(27(2)26-20)24-19-15(22)6-5-7-17(19)29-3/h5-12H,1-4H3,(H,24,25,26). The number of nitrogens with zero attached hydrogens (tertiary/aromatic N) is 5. The number of aromatic nitrogens is 5. The van der Waals surface area contributed by atoms with Crippen molar-refractivity contribution in [2.45, 2.75) is 6.92 Å². The average Bonchev–Trinajstić information content (AvgIpc) is 3.34. The number of ether oxygens (including phenoxy) is 2. The maximum absolute atomic E-state index is 14.3. The number of hydrogen-bond acceptors (Lipinski definition) is 6. The number of halogens is 1. The number of para-hydroxylation sites is 1. The molecule has 0 amide bonds. The van der Waals surface area contributed by atoms with Crippen molar-refractivity contribution >= 4 is 11.6 Å². The third kappa shape index (κ3) is 3.57. The van der Waals surface area contributed by atoms with Crippen molar-refractivity contribution in [3.8, 4) is 28.6 Å². The average molecular weight is 408 g/mol. The van der Waals surface area contributed by atoms with Crippen LogP contribution in [0, 0.1) is 12.7 Å². The van der Waals surface area contributed by atoms with Gasteiger partial charge in [0.05, 0.1) is 31.9 Å². The molecule has 4 rings (SSSR count).